The molecule has 0 aliphatic rings. The third-order valence-corrected chi connectivity index (χ3v) is 4.09. The first kappa shape index (κ1) is 17.1. The Bertz CT molecular complexity index is 928. The van der Waals surface area contributed by atoms with E-state index >= 15 is 0 Å². The van der Waals surface area contributed by atoms with Crippen LogP contribution in [0.3, 0.4) is 0 Å². The number of rotatable bonds is 5. The van der Waals surface area contributed by atoms with Crippen molar-refractivity contribution in [1.29, 1.82) is 0 Å². The summed E-state index contributed by atoms with van der Waals surface area (Å²) in [6.07, 6.45) is 2.46. The molecule has 3 aromatic heterocycles. The van der Waals surface area contributed by atoms with E-state index in [0.717, 1.165) is 29.1 Å². The van der Waals surface area contributed by atoms with Gasteiger partial charge in [0.1, 0.15) is 17.0 Å². The summed E-state index contributed by atoms with van der Waals surface area (Å²) in [6.45, 7) is 7.03. The van der Waals surface area contributed by atoms with E-state index in [1.807, 2.05) is 23.5 Å². The minimum absolute atomic E-state index is 0.0999. The van der Waals surface area contributed by atoms with Crippen LogP contribution in [0.1, 0.15) is 37.0 Å². The number of amides is 1. The monoisotopic (exact) mass is 340 g/mol. The number of carbonyl (C=O) groups is 1. The van der Waals surface area contributed by atoms with Crippen molar-refractivity contribution < 1.29 is 4.79 Å². The fraction of sp³-hybridized carbons (Fsp3) is 0.444. The number of fused-ring (bicyclic) bond motifs is 3. The number of aryl methyl sites for hydroxylation is 1. The summed E-state index contributed by atoms with van der Waals surface area (Å²) in [5, 5.41) is 12.9. The molecule has 0 saturated carbocycles. The minimum Gasteiger partial charge on any atom is -0.383 e. The maximum absolute atomic E-state index is 12.9. The molecule has 0 aliphatic heterocycles. The second-order valence-electron chi connectivity index (χ2n) is 6.73. The van der Waals surface area contributed by atoms with Crippen molar-refractivity contribution in [3.8, 4) is 0 Å². The molecule has 0 bridgehead atoms. The Labute approximate surface area is 147 Å². The van der Waals surface area contributed by atoms with Crippen molar-refractivity contribution in [2.45, 2.75) is 27.2 Å². The number of pyridine rings is 2. The van der Waals surface area contributed by atoms with Gasteiger partial charge in [0, 0.05) is 38.6 Å². The van der Waals surface area contributed by atoms with Gasteiger partial charge in [-0.2, -0.15) is 0 Å². The van der Waals surface area contributed by atoms with E-state index in [4.69, 9.17) is 0 Å². The molecule has 0 aliphatic carbocycles. The molecule has 0 atom stereocenters. The average molecular weight is 340 g/mol. The van der Waals surface area contributed by atoms with Crippen molar-refractivity contribution in [2.75, 3.05) is 26.0 Å². The second kappa shape index (κ2) is 6.66. The molecular formula is C18H24N6O. The molecule has 25 heavy (non-hydrogen) atoms. The normalized spacial score (nSPS) is 11.4. The first-order chi connectivity index (χ1) is 12.0. The Balaban J connectivity index is 2.42. The predicted octanol–water partition coefficient (Wildman–Crippen LogP) is 2.61. The van der Waals surface area contributed by atoms with Crippen LogP contribution in [0.25, 0.3) is 16.7 Å². The average Bonchev–Trinajstić information content (AvgIpc) is 3.02. The second-order valence-corrected chi connectivity index (χ2v) is 6.73. The number of hydrogen-bond acceptors (Lipinski definition) is 5. The number of nitrogens with zero attached hydrogens (tertiary/aromatic N) is 5. The Morgan fingerprint density at radius 3 is 2.68 bits per heavy atom. The number of aromatic nitrogens is 4. The first-order valence-electron chi connectivity index (χ1n) is 8.55. The van der Waals surface area contributed by atoms with Gasteiger partial charge < -0.3 is 10.2 Å². The summed E-state index contributed by atoms with van der Waals surface area (Å²) < 4.78 is 1.90. The van der Waals surface area contributed by atoms with E-state index in [1.165, 1.54) is 0 Å². The number of anilines is 1. The first-order valence-corrected chi connectivity index (χ1v) is 8.55. The molecule has 1 amide bonds. The molecule has 3 aromatic rings. The predicted molar refractivity (Wildman–Crippen MR) is 99.0 cm³/mol. The molecule has 0 fully saturated rings. The quantitative estimate of drug-likeness (QED) is 0.773. The molecule has 3 heterocycles. The van der Waals surface area contributed by atoms with E-state index in [1.54, 1.807) is 25.2 Å². The number of hydrogen-bond donors (Lipinski definition) is 1. The van der Waals surface area contributed by atoms with E-state index < -0.39 is 0 Å². The van der Waals surface area contributed by atoms with Gasteiger partial charge in [0.2, 0.25) is 0 Å². The Kier molecular flexibility index (Phi) is 4.57. The van der Waals surface area contributed by atoms with Crippen LogP contribution in [0.15, 0.2) is 18.3 Å². The van der Waals surface area contributed by atoms with Crippen molar-refractivity contribution in [3.05, 3.63) is 29.7 Å². The van der Waals surface area contributed by atoms with Crippen LogP contribution in [0, 0.1) is 5.92 Å². The zero-order valence-electron chi connectivity index (χ0n) is 15.4. The fourth-order valence-corrected chi connectivity index (χ4v) is 2.86. The van der Waals surface area contributed by atoms with Crippen molar-refractivity contribution in [1.82, 2.24) is 24.5 Å². The Morgan fingerprint density at radius 1 is 1.28 bits per heavy atom. The molecule has 0 radical (unpaired) electrons. The molecule has 0 aromatic carbocycles. The molecule has 7 nitrogen and oxygen atoms in total. The van der Waals surface area contributed by atoms with E-state index in [9.17, 15) is 4.79 Å². The standard InChI is InChI=1S/C18H24N6O/c1-6-13-21-22-17-14(18(25)23(4)5)15(20-10-11(2)3)12-8-7-9-19-16(12)24(13)17/h7-9,11,20H,6,10H2,1-5H3. The number of carbonyl (C=O) groups excluding carboxylic acids is 1. The molecule has 132 valence electrons. The Hall–Kier alpha value is -2.70. The summed E-state index contributed by atoms with van der Waals surface area (Å²) in [4.78, 5) is 19.1. The highest BCUT2D eigenvalue weighted by atomic mass is 16.2. The third-order valence-electron chi connectivity index (χ3n) is 4.09. The molecule has 3 rings (SSSR count). The van der Waals surface area contributed by atoms with E-state index in [0.29, 0.717) is 23.5 Å². The zero-order valence-corrected chi connectivity index (χ0v) is 15.4. The lowest BCUT2D eigenvalue weighted by Crippen LogP contribution is -2.25. The molecular weight excluding hydrogens is 316 g/mol. The minimum atomic E-state index is -0.0999. The molecule has 0 saturated heterocycles. The maximum atomic E-state index is 12.9. The van der Waals surface area contributed by atoms with Gasteiger partial charge in [-0.25, -0.2) is 4.98 Å². The number of nitrogens with one attached hydrogen (secondary N) is 1. The highest BCUT2D eigenvalue weighted by Crippen LogP contribution is 2.31. The summed E-state index contributed by atoms with van der Waals surface area (Å²) in [5.41, 5.74) is 2.63. The van der Waals surface area contributed by atoms with Gasteiger partial charge in [0.05, 0.1) is 5.69 Å². The summed E-state index contributed by atoms with van der Waals surface area (Å²) in [7, 11) is 3.49. The van der Waals surface area contributed by atoms with Crippen molar-refractivity contribution in [3.63, 3.8) is 0 Å². The fourth-order valence-electron chi connectivity index (χ4n) is 2.86. The summed E-state index contributed by atoms with van der Waals surface area (Å²) in [6, 6.07) is 3.87. The van der Waals surface area contributed by atoms with Crippen LogP contribution in [0.2, 0.25) is 0 Å². The maximum Gasteiger partial charge on any atom is 0.259 e. The van der Waals surface area contributed by atoms with Crippen LogP contribution in [-0.2, 0) is 6.42 Å². The van der Waals surface area contributed by atoms with Crippen molar-refractivity contribution >= 4 is 28.3 Å². The third kappa shape index (κ3) is 2.90. The SMILES string of the molecule is CCc1nnc2c(C(=O)N(C)C)c(NCC(C)C)c3cccnc3n12. The van der Waals surface area contributed by atoms with Gasteiger partial charge in [-0.1, -0.05) is 20.8 Å². The van der Waals surface area contributed by atoms with E-state index in [-0.39, 0.29) is 5.91 Å². The lowest BCUT2D eigenvalue weighted by Gasteiger charge is -2.19. The van der Waals surface area contributed by atoms with Gasteiger partial charge in [-0.3, -0.25) is 9.20 Å². The van der Waals surface area contributed by atoms with Gasteiger partial charge in [-0.05, 0) is 18.1 Å². The van der Waals surface area contributed by atoms with Crippen LogP contribution in [-0.4, -0.2) is 51.0 Å². The lowest BCUT2D eigenvalue weighted by atomic mass is 10.1. The van der Waals surface area contributed by atoms with Gasteiger partial charge in [-0.15, -0.1) is 10.2 Å². The molecule has 7 heteroatoms. The summed E-state index contributed by atoms with van der Waals surface area (Å²) >= 11 is 0. The summed E-state index contributed by atoms with van der Waals surface area (Å²) in [5.74, 6) is 1.13. The molecule has 0 spiro atoms. The van der Waals surface area contributed by atoms with Gasteiger partial charge in [0.25, 0.3) is 5.91 Å². The molecule has 1 N–H and O–H groups in total. The smallest absolute Gasteiger partial charge is 0.259 e. The van der Waals surface area contributed by atoms with Crippen LogP contribution < -0.4 is 5.32 Å². The van der Waals surface area contributed by atoms with Gasteiger partial charge >= 0.3 is 0 Å². The van der Waals surface area contributed by atoms with Gasteiger partial charge in [0.15, 0.2) is 5.65 Å². The van der Waals surface area contributed by atoms with E-state index in [2.05, 4.69) is 34.3 Å². The molecule has 0 unspecified atom stereocenters. The lowest BCUT2D eigenvalue weighted by molar-refractivity contribution is 0.0830. The topological polar surface area (TPSA) is 75.4 Å². The van der Waals surface area contributed by atoms with Crippen molar-refractivity contribution in [2.24, 2.45) is 5.92 Å². The zero-order chi connectivity index (χ0) is 18.1. The highest BCUT2D eigenvalue weighted by Gasteiger charge is 2.25. The largest absolute Gasteiger partial charge is 0.383 e. The van der Waals surface area contributed by atoms with Crippen LogP contribution in [0.4, 0.5) is 5.69 Å². The van der Waals surface area contributed by atoms with Crippen LogP contribution >= 0.6 is 0 Å². The Morgan fingerprint density at radius 2 is 2.04 bits per heavy atom. The van der Waals surface area contributed by atoms with Crippen LogP contribution in [0.5, 0.6) is 0 Å². The highest BCUT2D eigenvalue weighted by molar-refractivity contribution is 6.11.